The smallest absolute Gasteiger partial charge is 0.227 e. The minimum Gasteiger partial charge on any atom is -0.472 e. The van der Waals surface area contributed by atoms with Gasteiger partial charge in [-0.15, -0.1) is 0 Å². The molecule has 1 amide bonds. The molecule has 10 nitrogen and oxygen atoms in total. The fraction of sp³-hybridized carbons (Fsp3) is 0.214. The van der Waals surface area contributed by atoms with Crippen molar-refractivity contribution in [2.24, 2.45) is 5.92 Å². The second-order valence-corrected chi connectivity index (χ2v) is 9.72. The van der Waals surface area contributed by atoms with E-state index in [2.05, 4.69) is 35.5 Å². The Labute approximate surface area is 221 Å². The molecule has 1 saturated carbocycles. The predicted molar refractivity (Wildman–Crippen MR) is 143 cm³/mol. The molecule has 6 heterocycles. The molecule has 11 heteroatoms. The number of carbonyl (C=O) groups is 1. The van der Waals surface area contributed by atoms with E-state index in [1.54, 1.807) is 49.3 Å². The standard InChI is InChI=1S/C28H23FN8O2/c29-22-19(17-10-18(12-30-11-17)33-28(38)15-4-2-1-3-5-15)13-32-26-21(22)25(36-37-26)27-34-20-6-8-31-23(24(20)35-27)16-7-9-39-14-16/h6-15H,1-5H2,(H,33,38)(H,34,35)(H,32,36,37). The van der Waals surface area contributed by atoms with Crippen LogP contribution >= 0.6 is 0 Å². The van der Waals surface area contributed by atoms with E-state index in [1.807, 2.05) is 0 Å². The number of nitrogens with zero attached hydrogens (tertiary/aromatic N) is 5. The number of rotatable bonds is 5. The molecule has 7 rings (SSSR count). The molecule has 6 aromatic heterocycles. The largest absolute Gasteiger partial charge is 0.472 e. The van der Waals surface area contributed by atoms with E-state index >= 15 is 4.39 Å². The summed E-state index contributed by atoms with van der Waals surface area (Å²) in [5, 5.41) is 10.3. The number of H-pyrrole nitrogens is 2. The predicted octanol–water partition coefficient (Wildman–Crippen LogP) is 5.88. The van der Waals surface area contributed by atoms with E-state index < -0.39 is 5.82 Å². The van der Waals surface area contributed by atoms with Crippen molar-refractivity contribution >= 4 is 33.7 Å². The number of aromatic nitrogens is 7. The highest BCUT2D eigenvalue weighted by molar-refractivity contribution is 5.97. The molecule has 194 valence electrons. The average molecular weight is 523 g/mol. The molecule has 3 N–H and O–H groups in total. The topological polar surface area (TPSA) is 138 Å². The van der Waals surface area contributed by atoms with Gasteiger partial charge in [0.15, 0.2) is 11.5 Å². The van der Waals surface area contributed by atoms with Gasteiger partial charge in [0.2, 0.25) is 5.91 Å². The number of imidazole rings is 1. The molecule has 0 saturated heterocycles. The second-order valence-electron chi connectivity index (χ2n) is 9.72. The fourth-order valence-electron chi connectivity index (χ4n) is 5.25. The lowest BCUT2D eigenvalue weighted by Crippen LogP contribution is -2.24. The molecule has 0 unspecified atom stereocenters. The van der Waals surface area contributed by atoms with E-state index in [4.69, 9.17) is 9.40 Å². The third-order valence-electron chi connectivity index (χ3n) is 7.24. The molecule has 6 aromatic rings. The van der Waals surface area contributed by atoms with Crippen molar-refractivity contribution in [2.75, 3.05) is 5.32 Å². The zero-order valence-electron chi connectivity index (χ0n) is 20.7. The molecule has 39 heavy (non-hydrogen) atoms. The van der Waals surface area contributed by atoms with Crippen LogP contribution in [0.1, 0.15) is 32.1 Å². The quantitative estimate of drug-likeness (QED) is 0.257. The number of nitrogens with one attached hydrogen (secondary N) is 3. The first kappa shape index (κ1) is 23.2. The van der Waals surface area contributed by atoms with Gasteiger partial charge in [-0.3, -0.25) is 19.9 Å². The number of hydrogen-bond acceptors (Lipinski definition) is 7. The van der Waals surface area contributed by atoms with Crippen LogP contribution in [-0.4, -0.2) is 41.0 Å². The Bertz CT molecular complexity index is 1820. The molecule has 0 radical (unpaired) electrons. The van der Waals surface area contributed by atoms with Gasteiger partial charge in [-0.05, 0) is 31.0 Å². The summed E-state index contributed by atoms with van der Waals surface area (Å²) in [4.78, 5) is 33.7. The van der Waals surface area contributed by atoms with Crippen LogP contribution in [0, 0.1) is 11.7 Å². The Morgan fingerprint density at radius 2 is 1.95 bits per heavy atom. The molecular weight excluding hydrogens is 499 g/mol. The zero-order valence-corrected chi connectivity index (χ0v) is 20.7. The van der Waals surface area contributed by atoms with Gasteiger partial charge in [0.1, 0.15) is 22.7 Å². The Kier molecular flexibility index (Phi) is 5.61. The van der Waals surface area contributed by atoms with Crippen LogP contribution in [0.3, 0.4) is 0 Å². The lowest BCUT2D eigenvalue weighted by molar-refractivity contribution is -0.120. The first-order valence-corrected chi connectivity index (χ1v) is 12.8. The highest BCUT2D eigenvalue weighted by Crippen LogP contribution is 2.34. The van der Waals surface area contributed by atoms with Gasteiger partial charge >= 0.3 is 0 Å². The van der Waals surface area contributed by atoms with Crippen LogP contribution in [0.5, 0.6) is 0 Å². The third kappa shape index (κ3) is 4.12. The SMILES string of the molecule is O=C(Nc1cncc(-c2cnc3[nH]nc(-c4nc5c(-c6ccoc6)nccc5[nH]4)c3c2F)c1)C1CCCCC1. The number of furan rings is 1. The lowest BCUT2D eigenvalue weighted by atomic mass is 9.88. The number of halogens is 1. The zero-order chi connectivity index (χ0) is 26.3. The van der Waals surface area contributed by atoms with Gasteiger partial charge in [-0.25, -0.2) is 14.4 Å². The van der Waals surface area contributed by atoms with Gasteiger partial charge in [0.25, 0.3) is 0 Å². The van der Waals surface area contributed by atoms with Gasteiger partial charge in [-0.2, -0.15) is 5.10 Å². The van der Waals surface area contributed by atoms with Crippen LogP contribution < -0.4 is 5.32 Å². The number of carbonyl (C=O) groups excluding carboxylic acids is 1. The average Bonchev–Trinajstić information content (AvgIpc) is 3.73. The number of pyridine rings is 3. The van der Waals surface area contributed by atoms with Crippen LogP contribution in [0.4, 0.5) is 10.1 Å². The summed E-state index contributed by atoms with van der Waals surface area (Å²) >= 11 is 0. The molecule has 0 aliphatic heterocycles. The van der Waals surface area contributed by atoms with Crippen molar-refractivity contribution in [3.05, 3.63) is 61.3 Å². The third-order valence-corrected chi connectivity index (χ3v) is 7.24. The summed E-state index contributed by atoms with van der Waals surface area (Å²) in [7, 11) is 0. The van der Waals surface area contributed by atoms with Crippen molar-refractivity contribution in [1.82, 2.24) is 35.1 Å². The minimum atomic E-state index is -0.519. The summed E-state index contributed by atoms with van der Waals surface area (Å²) in [6.07, 6.45) is 14.4. The summed E-state index contributed by atoms with van der Waals surface area (Å²) in [5.41, 5.74) is 4.59. The van der Waals surface area contributed by atoms with E-state index in [9.17, 15) is 4.79 Å². The van der Waals surface area contributed by atoms with Crippen molar-refractivity contribution in [1.29, 1.82) is 0 Å². The highest BCUT2D eigenvalue weighted by atomic mass is 19.1. The molecule has 1 aliphatic rings. The molecule has 0 bridgehead atoms. The number of amides is 1. The van der Waals surface area contributed by atoms with Crippen LogP contribution in [-0.2, 0) is 4.79 Å². The van der Waals surface area contributed by atoms with E-state index in [0.717, 1.165) is 36.8 Å². The first-order valence-electron chi connectivity index (χ1n) is 12.8. The maximum atomic E-state index is 16.1. The number of aromatic amines is 2. The maximum Gasteiger partial charge on any atom is 0.227 e. The molecule has 0 atom stereocenters. The van der Waals surface area contributed by atoms with Gasteiger partial charge in [0.05, 0.1) is 35.3 Å². The second kappa shape index (κ2) is 9.43. The fourth-order valence-corrected chi connectivity index (χ4v) is 5.25. The van der Waals surface area contributed by atoms with Crippen molar-refractivity contribution in [3.63, 3.8) is 0 Å². The molecule has 1 fully saturated rings. The Hall–Kier alpha value is -4.93. The number of anilines is 1. The minimum absolute atomic E-state index is 0.00122. The van der Waals surface area contributed by atoms with Gasteiger partial charge in [-0.1, -0.05) is 19.3 Å². The normalized spacial score (nSPS) is 14.3. The Morgan fingerprint density at radius 1 is 1.05 bits per heavy atom. The summed E-state index contributed by atoms with van der Waals surface area (Å²) in [5.74, 6) is -0.166. The lowest BCUT2D eigenvalue weighted by Gasteiger charge is -2.20. The number of hydrogen-bond donors (Lipinski definition) is 3. The van der Waals surface area contributed by atoms with E-state index in [-0.39, 0.29) is 28.4 Å². The number of fused-ring (bicyclic) bond motifs is 2. The summed E-state index contributed by atoms with van der Waals surface area (Å²) in [6, 6.07) is 5.31. The van der Waals surface area contributed by atoms with Crippen molar-refractivity contribution < 1.29 is 13.6 Å². The van der Waals surface area contributed by atoms with Gasteiger partial charge < -0.3 is 14.7 Å². The summed E-state index contributed by atoms with van der Waals surface area (Å²) in [6.45, 7) is 0. The highest BCUT2D eigenvalue weighted by Gasteiger charge is 2.23. The van der Waals surface area contributed by atoms with Gasteiger partial charge in [0, 0.05) is 41.2 Å². The molecule has 0 aromatic carbocycles. The van der Waals surface area contributed by atoms with Crippen LogP contribution in [0.15, 0.2) is 59.9 Å². The Morgan fingerprint density at radius 3 is 2.79 bits per heavy atom. The van der Waals surface area contributed by atoms with Crippen LogP contribution in [0.2, 0.25) is 0 Å². The Balaban J connectivity index is 1.26. The van der Waals surface area contributed by atoms with Crippen molar-refractivity contribution in [3.8, 4) is 33.9 Å². The molecular formula is C28H23FN8O2. The maximum absolute atomic E-state index is 16.1. The molecule has 0 spiro atoms. The first-order chi connectivity index (χ1) is 19.2. The van der Waals surface area contributed by atoms with Crippen LogP contribution in [0.25, 0.3) is 56.0 Å². The van der Waals surface area contributed by atoms with E-state index in [0.29, 0.717) is 34.0 Å². The molecule has 1 aliphatic carbocycles. The van der Waals surface area contributed by atoms with E-state index in [1.165, 1.54) is 12.6 Å². The monoisotopic (exact) mass is 522 g/mol. The van der Waals surface area contributed by atoms with Crippen molar-refractivity contribution in [2.45, 2.75) is 32.1 Å². The summed E-state index contributed by atoms with van der Waals surface area (Å²) < 4.78 is 21.3.